The quantitative estimate of drug-likeness (QED) is 0.187. The number of aromatic nitrogens is 2. The normalized spacial score (nSPS) is 22.7. The molecule has 11 heteroatoms. The molecule has 4 heterocycles. The number of fused-ring (bicyclic) bond motifs is 3. The number of piperidine rings is 2. The molecule has 254 valence electrons. The summed E-state index contributed by atoms with van der Waals surface area (Å²) in [5.41, 5.74) is 3.78. The van der Waals surface area contributed by atoms with E-state index in [4.69, 9.17) is 21.4 Å². The number of para-hydroxylation sites is 2. The molecule has 1 amide bonds. The van der Waals surface area contributed by atoms with Crippen molar-refractivity contribution in [2.45, 2.75) is 87.2 Å². The minimum Gasteiger partial charge on any atom is -0.339 e. The first-order valence-corrected chi connectivity index (χ1v) is 19.0. The summed E-state index contributed by atoms with van der Waals surface area (Å²) in [6.45, 7) is 6.18. The van der Waals surface area contributed by atoms with E-state index < -0.39 is 10.0 Å². The number of aryl methyl sites for hydroxylation is 1. The molecule has 2 bridgehead atoms. The molecule has 1 aromatic heterocycles. The summed E-state index contributed by atoms with van der Waals surface area (Å²) in [5.74, 6) is 0.854. The van der Waals surface area contributed by atoms with Crippen LogP contribution in [0.25, 0.3) is 11.0 Å². The second kappa shape index (κ2) is 13.6. The SMILES string of the molecule is CCONS(=O)(=O)c1ccc(Cl)c(C(=O)N2CCC(CCN3[C@@H]4CC[C@H]3C[C@@H](n3c(C)nc5ccccc53)C4)(c3ccccc3)CC2)c1. The van der Waals surface area contributed by atoms with Crippen LogP contribution in [0.4, 0.5) is 0 Å². The Kier molecular flexibility index (Phi) is 9.38. The third-order valence-corrected chi connectivity index (χ3v) is 12.6. The predicted molar refractivity (Wildman–Crippen MR) is 188 cm³/mol. The number of imidazole rings is 1. The van der Waals surface area contributed by atoms with Gasteiger partial charge in [-0.05, 0) is 107 Å². The van der Waals surface area contributed by atoms with E-state index in [1.54, 1.807) is 6.92 Å². The van der Waals surface area contributed by atoms with Crippen molar-refractivity contribution in [1.29, 1.82) is 0 Å². The van der Waals surface area contributed by atoms with Gasteiger partial charge in [0.1, 0.15) is 5.82 Å². The van der Waals surface area contributed by atoms with Crippen LogP contribution in [0.5, 0.6) is 0 Å². The zero-order valence-corrected chi connectivity index (χ0v) is 29.2. The van der Waals surface area contributed by atoms with Crippen LogP contribution in [0.15, 0.2) is 77.7 Å². The lowest BCUT2D eigenvalue weighted by Crippen LogP contribution is -2.49. The summed E-state index contributed by atoms with van der Waals surface area (Å²) in [4.78, 5) is 30.2. The molecule has 3 aromatic carbocycles. The number of halogens is 1. The molecule has 3 fully saturated rings. The first-order chi connectivity index (χ1) is 23.2. The van der Waals surface area contributed by atoms with Crippen LogP contribution < -0.4 is 4.89 Å². The summed E-state index contributed by atoms with van der Waals surface area (Å²) in [7, 11) is -3.94. The van der Waals surface area contributed by atoms with Gasteiger partial charge in [0.15, 0.2) is 0 Å². The van der Waals surface area contributed by atoms with Crippen molar-refractivity contribution >= 4 is 38.6 Å². The summed E-state index contributed by atoms with van der Waals surface area (Å²) in [5, 5.41) is 0.230. The van der Waals surface area contributed by atoms with E-state index in [2.05, 4.69) is 75.9 Å². The lowest BCUT2D eigenvalue weighted by atomic mass is 9.70. The highest BCUT2D eigenvalue weighted by Gasteiger charge is 2.44. The third-order valence-electron chi connectivity index (χ3n) is 11.0. The number of carbonyl (C=O) groups is 1. The number of nitrogens with zero attached hydrogens (tertiary/aromatic N) is 4. The molecule has 0 aliphatic carbocycles. The van der Waals surface area contributed by atoms with E-state index in [0.29, 0.717) is 31.2 Å². The van der Waals surface area contributed by atoms with Crippen molar-refractivity contribution in [2.24, 2.45) is 0 Å². The molecule has 0 spiro atoms. The van der Waals surface area contributed by atoms with Crippen molar-refractivity contribution in [3.63, 3.8) is 0 Å². The summed E-state index contributed by atoms with van der Waals surface area (Å²) >= 11 is 6.46. The fourth-order valence-corrected chi connectivity index (χ4v) is 9.68. The molecule has 0 unspecified atom stereocenters. The molecule has 4 aromatic rings. The molecule has 3 aliphatic rings. The number of carbonyl (C=O) groups excluding carboxylic acids is 1. The lowest BCUT2D eigenvalue weighted by Gasteiger charge is -2.45. The molecule has 3 atom stereocenters. The maximum absolute atomic E-state index is 13.8. The molecule has 1 N–H and O–H groups in total. The van der Waals surface area contributed by atoms with Crippen molar-refractivity contribution in [1.82, 2.24) is 24.2 Å². The Balaban J connectivity index is 1.06. The van der Waals surface area contributed by atoms with Crippen molar-refractivity contribution in [3.05, 3.63) is 94.8 Å². The van der Waals surface area contributed by atoms with Gasteiger partial charge in [0.2, 0.25) is 0 Å². The van der Waals surface area contributed by atoms with Crippen LogP contribution in [0.3, 0.4) is 0 Å². The summed E-state index contributed by atoms with van der Waals surface area (Å²) in [6.07, 6.45) is 7.46. The molecule has 9 nitrogen and oxygen atoms in total. The number of hydrogen-bond donors (Lipinski definition) is 1. The van der Waals surface area contributed by atoms with E-state index >= 15 is 0 Å². The van der Waals surface area contributed by atoms with E-state index in [9.17, 15) is 13.2 Å². The standard InChI is InChI=1S/C37H44ClN5O4S/c1-3-47-40-48(45,46)31-15-16-33(38)32(25-31)36(44)41-20-17-37(18-21-41,27-9-5-4-6-10-27)19-22-42-28-13-14-29(42)24-30(23-28)43-26(2)39-34-11-7-8-12-35(34)43/h4-12,15-16,25,28-30,40H,3,13-14,17-24H2,1-2H3/t28-,29+,30+. The van der Waals surface area contributed by atoms with E-state index in [1.165, 1.54) is 42.1 Å². The molecule has 3 saturated heterocycles. The monoisotopic (exact) mass is 689 g/mol. The van der Waals surface area contributed by atoms with Gasteiger partial charge in [0, 0.05) is 31.2 Å². The zero-order chi connectivity index (χ0) is 33.5. The Hall–Kier alpha value is -3.28. The Morgan fingerprint density at radius 2 is 1.67 bits per heavy atom. The maximum Gasteiger partial charge on any atom is 0.262 e. The smallest absolute Gasteiger partial charge is 0.262 e. The van der Waals surface area contributed by atoms with Crippen molar-refractivity contribution in [2.75, 3.05) is 26.2 Å². The number of benzene rings is 3. The Labute approximate surface area is 288 Å². The fraction of sp³-hybridized carbons (Fsp3) is 0.459. The molecule has 3 aliphatic heterocycles. The van der Waals surface area contributed by atoms with Gasteiger partial charge < -0.3 is 9.47 Å². The highest BCUT2D eigenvalue weighted by atomic mass is 35.5. The van der Waals surface area contributed by atoms with Crippen LogP contribution in [-0.4, -0.2) is 72.0 Å². The van der Waals surface area contributed by atoms with E-state index in [0.717, 1.165) is 50.0 Å². The number of sulfonamides is 1. The number of nitrogens with one attached hydrogen (secondary N) is 1. The number of amides is 1. The fourth-order valence-electron chi connectivity index (χ4n) is 8.59. The number of likely N-dealkylation sites (tertiary alicyclic amines) is 1. The van der Waals surface area contributed by atoms with Gasteiger partial charge in [-0.15, -0.1) is 0 Å². The van der Waals surface area contributed by atoms with Crippen LogP contribution in [-0.2, 0) is 20.3 Å². The Morgan fingerprint density at radius 3 is 2.38 bits per heavy atom. The average molecular weight is 690 g/mol. The second-order valence-electron chi connectivity index (χ2n) is 13.6. The van der Waals surface area contributed by atoms with Crippen LogP contribution in [0, 0.1) is 6.92 Å². The Morgan fingerprint density at radius 1 is 0.979 bits per heavy atom. The van der Waals surface area contributed by atoms with Gasteiger partial charge in [-0.3, -0.25) is 14.5 Å². The number of rotatable bonds is 10. The second-order valence-corrected chi connectivity index (χ2v) is 15.7. The average Bonchev–Trinajstić information content (AvgIpc) is 3.56. The minimum atomic E-state index is -3.94. The highest BCUT2D eigenvalue weighted by molar-refractivity contribution is 7.89. The molecular weight excluding hydrogens is 646 g/mol. The van der Waals surface area contributed by atoms with Crippen LogP contribution >= 0.6 is 11.6 Å². The van der Waals surface area contributed by atoms with Gasteiger partial charge in [0.05, 0.1) is 33.1 Å². The van der Waals surface area contributed by atoms with Crippen LogP contribution in [0.2, 0.25) is 5.02 Å². The van der Waals surface area contributed by atoms with Crippen molar-refractivity contribution < 1.29 is 18.0 Å². The zero-order valence-electron chi connectivity index (χ0n) is 27.6. The molecular formula is C37H44ClN5O4S. The van der Waals surface area contributed by atoms with Gasteiger partial charge in [-0.25, -0.2) is 13.4 Å². The lowest BCUT2D eigenvalue weighted by molar-refractivity contribution is 0.0607. The van der Waals surface area contributed by atoms with Gasteiger partial charge in [0.25, 0.3) is 15.9 Å². The first kappa shape index (κ1) is 33.2. The third kappa shape index (κ3) is 6.29. The van der Waals surface area contributed by atoms with Gasteiger partial charge in [-0.1, -0.05) is 59.0 Å². The molecule has 48 heavy (non-hydrogen) atoms. The van der Waals surface area contributed by atoms with Gasteiger partial charge >= 0.3 is 0 Å². The van der Waals surface area contributed by atoms with E-state index in [1.807, 2.05) is 4.90 Å². The highest BCUT2D eigenvalue weighted by Crippen LogP contribution is 2.45. The van der Waals surface area contributed by atoms with Crippen molar-refractivity contribution in [3.8, 4) is 0 Å². The number of hydrogen-bond acceptors (Lipinski definition) is 6. The predicted octanol–water partition coefficient (Wildman–Crippen LogP) is 6.66. The summed E-state index contributed by atoms with van der Waals surface area (Å²) < 4.78 is 27.9. The van der Waals surface area contributed by atoms with Crippen LogP contribution in [0.1, 0.15) is 79.7 Å². The molecule has 7 rings (SSSR count). The molecule has 0 radical (unpaired) electrons. The van der Waals surface area contributed by atoms with Gasteiger partial charge in [-0.2, -0.15) is 0 Å². The Bertz CT molecular complexity index is 1880. The molecule has 0 saturated carbocycles. The van der Waals surface area contributed by atoms with E-state index in [-0.39, 0.29) is 33.4 Å². The maximum atomic E-state index is 13.8. The largest absolute Gasteiger partial charge is 0.339 e. The summed E-state index contributed by atoms with van der Waals surface area (Å²) in [6, 6.07) is 25.0. The topological polar surface area (TPSA) is 96.8 Å². The first-order valence-electron chi connectivity index (χ1n) is 17.2. The minimum absolute atomic E-state index is 0.0537.